The van der Waals surface area contributed by atoms with Crippen molar-refractivity contribution in [2.75, 3.05) is 33.3 Å². The number of nitrogens with zero attached hydrogens (tertiary/aromatic N) is 2. The molecule has 0 saturated carbocycles. The largest absolute Gasteiger partial charge is 0.381 e. The molecule has 3 nitrogen and oxygen atoms in total. The van der Waals surface area contributed by atoms with Crippen molar-refractivity contribution in [1.82, 2.24) is 9.80 Å². The Morgan fingerprint density at radius 1 is 1.13 bits per heavy atom. The molecule has 0 atom stereocenters. The van der Waals surface area contributed by atoms with Crippen LogP contribution in [0.25, 0.3) is 0 Å². The Bertz CT molecular complexity index is 194. The van der Waals surface area contributed by atoms with Gasteiger partial charge in [-0.2, -0.15) is 0 Å². The summed E-state index contributed by atoms with van der Waals surface area (Å²) >= 11 is 0. The monoisotopic (exact) mass is 212 g/mol. The smallest absolute Gasteiger partial charge is 0.0595 e. The highest BCUT2D eigenvalue weighted by atomic mass is 16.5. The highest BCUT2D eigenvalue weighted by Gasteiger charge is 2.34. The van der Waals surface area contributed by atoms with Crippen molar-refractivity contribution < 1.29 is 4.74 Å². The van der Waals surface area contributed by atoms with Crippen LogP contribution in [0, 0.1) is 0 Å². The van der Waals surface area contributed by atoms with E-state index in [4.69, 9.17) is 4.74 Å². The lowest BCUT2D eigenvalue weighted by molar-refractivity contribution is -0.0264. The summed E-state index contributed by atoms with van der Waals surface area (Å²) in [4.78, 5) is 5.20. The molecule has 0 aromatic heterocycles. The maximum absolute atomic E-state index is 5.39. The third-order valence-corrected chi connectivity index (χ3v) is 3.95. The van der Waals surface area contributed by atoms with Gasteiger partial charge in [-0.15, -0.1) is 0 Å². The first-order valence-electron chi connectivity index (χ1n) is 6.21. The lowest BCUT2D eigenvalue weighted by Crippen LogP contribution is -2.62. The molecule has 0 radical (unpaired) electrons. The molecule has 0 N–H and O–H groups in total. The van der Waals surface area contributed by atoms with E-state index in [1.54, 1.807) is 0 Å². The van der Waals surface area contributed by atoms with Gasteiger partial charge >= 0.3 is 0 Å². The second-order valence-corrected chi connectivity index (χ2v) is 5.17. The summed E-state index contributed by atoms with van der Waals surface area (Å²) in [6, 6.07) is 1.54. The van der Waals surface area contributed by atoms with E-state index < -0.39 is 0 Å². The summed E-state index contributed by atoms with van der Waals surface area (Å²) in [5, 5.41) is 0. The molecule has 0 aromatic rings. The molecule has 15 heavy (non-hydrogen) atoms. The zero-order valence-corrected chi connectivity index (χ0v) is 10.3. The van der Waals surface area contributed by atoms with Crippen LogP contribution in [0.5, 0.6) is 0 Å². The molecule has 0 spiro atoms. The van der Waals surface area contributed by atoms with Crippen molar-refractivity contribution in [3.8, 4) is 0 Å². The summed E-state index contributed by atoms with van der Waals surface area (Å²) in [7, 11) is 1.84. The number of ether oxygens (including phenoxy) is 1. The van der Waals surface area contributed by atoms with E-state index in [-0.39, 0.29) is 0 Å². The Labute approximate surface area is 93.4 Å². The summed E-state index contributed by atoms with van der Waals surface area (Å²) < 4.78 is 5.39. The number of methoxy groups -OCH3 is 1. The van der Waals surface area contributed by atoms with Gasteiger partial charge in [0.05, 0.1) is 6.10 Å². The molecule has 0 aliphatic carbocycles. The van der Waals surface area contributed by atoms with Gasteiger partial charge in [0.2, 0.25) is 0 Å². The molecule has 0 amide bonds. The third kappa shape index (κ3) is 2.52. The van der Waals surface area contributed by atoms with Gasteiger partial charge in [-0.25, -0.2) is 0 Å². The minimum absolute atomic E-state index is 0.516. The number of piperidine rings is 1. The van der Waals surface area contributed by atoms with Crippen LogP contribution in [0.2, 0.25) is 0 Å². The fourth-order valence-electron chi connectivity index (χ4n) is 2.62. The Balaban J connectivity index is 1.70. The van der Waals surface area contributed by atoms with Gasteiger partial charge in [0.1, 0.15) is 0 Å². The van der Waals surface area contributed by atoms with Crippen LogP contribution in [-0.4, -0.2) is 61.3 Å². The lowest BCUT2D eigenvalue weighted by atomic mass is 10.00. The van der Waals surface area contributed by atoms with Gasteiger partial charge < -0.3 is 4.74 Å². The summed E-state index contributed by atoms with van der Waals surface area (Å²) in [6.07, 6.45) is 2.95. The number of rotatable bonds is 3. The van der Waals surface area contributed by atoms with E-state index in [9.17, 15) is 0 Å². The van der Waals surface area contributed by atoms with Crippen LogP contribution in [0.15, 0.2) is 0 Å². The lowest BCUT2D eigenvalue weighted by Gasteiger charge is -2.49. The number of hydrogen-bond donors (Lipinski definition) is 0. The number of likely N-dealkylation sites (tertiary alicyclic amines) is 2. The van der Waals surface area contributed by atoms with E-state index in [0.29, 0.717) is 6.10 Å². The van der Waals surface area contributed by atoms with E-state index in [0.717, 1.165) is 12.1 Å². The van der Waals surface area contributed by atoms with E-state index in [2.05, 4.69) is 23.6 Å². The van der Waals surface area contributed by atoms with Gasteiger partial charge in [0.15, 0.2) is 0 Å². The maximum Gasteiger partial charge on any atom is 0.0595 e. The molecule has 0 aromatic carbocycles. The molecule has 88 valence electrons. The van der Waals surface area contributed by atoms with Crippen LogP contribution in [0.3, 0.4) is 0 Å². The van der Waals surface area contributed by atoms with Crippen LogP contribution >= 0.6 is 0 Å². The van der Waals surface area contributed by atoms with E-state index in [1.165, 1.54) is 39.0 Å². The molecule has 2 fully saturated rings. The van der Waals surface area contributed by atoms with Crippen molar-refractivity contribution in [2.24, 2.45) is 0 Å². The van der Waals surface area contributed by atoms with Crippen molar-refractivity contribution in [3.63, 3.8) is 0 Å². The van der Waals surface area contributed by atoms with Crippen LogP contribution in [-0.2, 0) is 4.74 Å². The molecule has 2 saturated heterocycles. The first-order chi connectivity index (χ1) is 7.20. The van der Waals surface area contributed by atoms with Crippen LogP contribution in [0.1, 0.15) is 26.7 Å². The standard InChI is InChI=1S/C12H24N2O/c1-10(2)14-8-11(9-14)13-6-4-12(15-3)5-7-13/h10-12H,4-9H2,1-3H3. The predicted molar refractivity (Wildman–Crippen MR) is 62.1 cm³/mol. The van der Waals surface area contributed by atoms with Crippen LogP contribution in [0.4, 0.5) is 0 Å². The first kappa shape index (κ1) is 11.4. The molecule has 2 heterocycles. The molecule has 0 unspecified atom stereocenters. The maximum atomic E-state index is 5.39. The van der Waals surface area contributed by atoms with E-state index in [1.807, 2.05) is 7.11 Å². The Morgan fingerprint density at radius 2 is 1.73 bits per heavy atom. The first-order valence-corrected chi connectivity index (χ1v) is 6.21. The average Bonchev–Trinajstić information content (AvgIpc) is 2.16. The topological polar surface area (TPSA) is 15.7 Å². The fraction of sp³-hybridized carbons (Fsp3) is 1.00. The van der Waals surface area contributed by atoms with Gasteiger partial charge in [-0.05, 0) is 26.7 Å². The van der Waals surface area contributed by atoms with Gasteiger partial charge in [-0.3, -0.25) is 9.80 Å². The molecule has 2 rings (SSSR count). The third-order valence-electron chi connectivity index (χ3n) is 3.95. The zero-order valence-electron chi connectivity index (χ0n) is 10.3. The number of hydrogen-bond acceptors (Lipinski definition) is 3. The van der Waals surface area contributed by atoms with Crippen molar-refractivity contribution in [2.45, 2.75) is 44.9 Å². The van der Waals surface area contributed by atoms with Crippen LogP contribution < -0.4 is 0 Å². The normalized spacial score (nSPS) is 27.2. The quantitative estimate of drug-likeness (QED) is 0.699. The summed E-state index contributed by atoms with van der Waals surface area (Å²) in [5.74, 6) is 0. The van der Waals surface area contributed by atoms with Gasteiger partial charge in [0, 0.05) is 45.4 Å². The van der Waals surface area contributed by atoms with Crippen molar-refractivity contribution >= 4 is 0 Å². The van der Waals surface area contributed by atoms with Crippen molar-refractivity contribution in [1.29, 1.82) is 0 Å². The van der Waals surface area contributed by atoms with Crippen molar-refractivity contribution in [3.05, 3.63) is 0 Å². The average molecular weight is 212 g/mol. The second-order valence-electron chi connectivity index (χ2n) is 5.17. The SMILES string of the molecule is COC1CCN(C2CN(C(C)C)C2)CC1. The summed E-state index contributed by atoms with van der Waals surface area (Å²) in [5.41, 5.74) is 0. The molecule has 2 aliphatic rings. The molecule has 0 bridgehead atoms. The highest BCUT2D eigenvalue weighted by molar-refractivity contribution is 4.91. The molecule has 2 aliphatic heterocycles. The van der Waals surface area contributed by atoms with E-state index >= 15 is 0 Å². The molecule has 3 heteroatoms. The predicted octanol–water partition coefficient (Wildman–Crippen LogP) is 1.19. The highest BCUT2D eigenvalue weighted by Crippen LogP contribution is 2.22. The second kappa shape index (κ2) is 4.81. The Hall–Kier alpha value is -0.120. The Kier molecular flexibility index (Phi) is 3.65. The van der Waals surface area contributed by atoms with Gasteiger partial charge in [0.25, 0.3) is 0 Å². The molecular formula is C12H24N2O. The molecular weight excluding hydrogens is 188 g/mol. The fourth-order valence-corrected chi connectivity index (χ4v) is 2.62. The Morgan fingerprint density at radius 3 is 2.20 bits per heavy atom. The zero-order chi connectivity index (χ0) is 10.8. The minimum atomic E-state index is 0.516. The summed E-state index contributed by atoms with van der Waals surface area (Å²) in [6.45, 7) is 9.58. The van der Waals surface area contributed by atoms with Gasteiger partial charge in [-0.1, -0.05) is 0 Å². The minimum Gasteiger partial charge on any atom is -0.381 e.